The van der Waals surface area contributed by atoms with Gasteiger partial charge in [-0.2, -0.15) is 0 Å². The quantitative estimate of drug-likeness (QED) is 0.178. The molecule has 9 nitrogen and oxygen atoms in total. The van der Waals surface area contributed by atoms with Gasteiger partial charge in [-0.25, -0.2) is 0 Å². The summed E-state index contributed by atoms with van der Waals surface area (Å²) in [5.41, 5.74) is 0.0933. The van der Waals surface area contributed by atoms with Crippen LogP contribution in [0.3, 0.4) is 0 Å². The molecule has 0 aromatic rings. The van der Waals surface area contributed by atoms with Gasteiger partial charge in [0, 0.05) is 10.8 Å². The fraction of sp³-hybridized carbons (Fsp3) is 0.944. The minimum atomic E-state index is -1.51. The molecule has 0 aromatic heterocycles. The molecule has 7 N–H and O–H groups in total. The lowest BCUT2D eigenvalue weighted by atomic mass is 9.33. The van der Waals surface area contributed by atoms with E-state index in [0.29, 0.717) is 18.8 Å². The molecule has 15 unspecified atom stereocenters. The molecule has 45 heavy (non-hydrogen) atoms. The Balaban J connectivity index is 1.32. The van der Waals surface area contributed by atoms with Crippen molar-refractivity contribution in [3.05, 3.63) is 11.6 Å². The molecule has 0 bridgehead atoms. The van der Waals surface area contributed by atoms with Gasteiger partial charge in [0.15, 0.2) is 6.29 Å². The zero-order chi connectivity index (χ0) is 33.0. The molecular formula is C36H60O9. The smallest absolute Gasteiger partial charge is 0.186 e. The molecule has 1 aliphatic heterocycles. The standard InChI is InChI=1S/C36H60O9/c1-31(2)13-14-36(19-39)21(15-31)20-7-8-24-32(3)11-10-26(45-30-29(43)28(42)27(41)22(17-37)44-30)33(4,18-38)23(32)9-12-34(24,5)35(20,6)16-25(36)40/h7,21-30,37-43H,8-19H2,1-6H3. The van der Waals surface area contributed by atoms with Gasteiger partial charge in [0.1, 0.15) is 24.4 Å². The SMILES string of the molecule is CC1(C)CCC2(CO)C(O)CC3(C)C(=CCC4C5(C)CCC(OC6OC(CO)C(O)C(O)C6O)C(C)(CO)C5CCC43C)C2C1. The molecule has 6 aliphatic rings. The Hall–Kier alpha value is -0.620. The summed E-state index contributed by atoms with van der Waals surface area (Å²) in [7, 11) is 0. The van der Waals surface area contributed by atoms with Crippen molar-refractivity contribution >= 4 is 0 Å². The Morgan fingerprint density at radius 3 is 2.16 bits per heavy atom. The van der Waals surface area contributed by atoms with Crippen LogP contribution in [-0.2, 0) is 9.47 Å². The number of hydrogen-bond donors (Lipinski definition) is 7. The van der Waals surface area contributed by atoms with Gasteiger partial charge in [0.05, 0.1) is 32.0 Å². The molecule has 5 aliphatic carbocycles. The Bertz CT molecular complexity index is 1160. The topological polar surface area (TPSA) is 160 Å². The van der Waals surface area contributed by atoms with Crippen molar-refractivity contribution in [3.63, 3.8) is 0 Å². The number of fused-ring (bicyclic) bond motifs is 7. The number of rotatable bonds is 5. The highest BCUT2D eigenvalue weighted by Crippen LogP contribution is 2.75. The summed E-state index contributed by atoms with van der Waals surface area (Å²) in [6, 6.07) is 0. The number of aliphatic hydroxyl groups is 7. The first-order valence-corrected chi connectivity index (χ1v) is 17.5. The van der Waals surface area contributed by atoms with Crippen LogP contribution in [0, 0.1) is 50.2 Å². The summed E-state index contributed by atoms with van der Waals surface area (Å²) in [5.74, 6) is 0.601. The fourth-order valence-electron chi connectivity index (χ4n) is 12.3. The first-order valence-electron chi connectivity index (χ1n) is 17.5. The average Bonchev–Trinajstić information content (AvgIpc) is 2.99. The van der Waals surface area contributed by atoms with Crippen LogP contribution in [0.5, 0.6) is 0 Å². The maximum absolute atomic E-state index is 11.9. The second kappa shape index (κ2) is 11.2. The van der Waals surface area contributed by atoms with Crippen molar-refractivity contribution in [1.29, 1.82) is 0 Å². The maximum Gasteiger partial charge on any atom is 0.186 e. The average molecular weight is 637 g/mol. The lowest BCUT2D eigenvalue weighted by Gasteiger charge is -2.72. The van der Waals surface area contributed by atoms with Crippen LogP contribution in [0.1, 0.15) is 99.3 Å². The molecule has 0 radical (unpaired) electrons. The van der Waals surface area contributed by atoms with Crippen LogP contribution in [0.4, 0.5) is 0 Å². The molecule has 6 rings (SSSR count). The first-order chi connectivity index (χ1) is 21.0. The molecule has 5 fully saturated rings. The Labute approximate surface area is 269 Å². The highest BCUT2D eigenvalue weighted by atomic mass is 16.7. The third-order valence-corrected chi connectivity index (χ3v) is 15.4. The van der Waals surface area contributed by atoms with E-state index < -0.39 is 60.4 Å². The van der Waals surface area contributed by atoms with Crippen molar-refractivity contribution in [2.75, 3.05) is 19.8 Å². The molecule has 4 saturated carbocycles. The van der Waals surface area contributed by atoms with Crippen molar-refractivity contribution in [2.24, 2.45) is 50.2 Å². The lowest BCUT2D eigenvalue weighted by molar-refractivity contribution is -0.333. The first kappa shape index (κ1) is 34.3. The zero-order valence-electron chi connectivity index (χ0n) is 28.3. The van der Waals surface area contributed by atoms with Crippen LogP contribution >= 0.6 is 0 Å². The fourth-order valence-corrected chi connectivity index (χ4v) is 12.3. The van der Waals surface area contributed by atoms with Crippen LogP contribution in [0.2, 0.25) is 0 Å². The third kappa shape index (κ3) is 4.65. The number of ether oxygens (including phenoxy) is 2. The van der Waals surface area contributed by atoms with Gasteiger partial charge in [-0.15, -0.1) is 0 Å². The van der Waals surface area contributed by atoms with E-state index in [4.69, 9.17) is 9.47 Å². The normalized spacial score (nSPS) is 55.9. The van der Waals surface area contributed by atoms with Crippen LogP contribution < -0.4 is 0 Å². The molecule has 0 aromatic carbocycles. The summed E-state index contributed by atoms with van der Waals surface area (Å²) < 4.78 is 12.1. The van der Waals surface area contributed by atoms with Gasteiger partial charge in [0.25, 0.3) is 0 Å². The number of hydrogen-bond acceptors (Lipinski definition) is 9. The summed E-state index contributed by atoms with van der Waals surface area (Å²) in [5, 5.41) is 74.8. The number of allylic oxidation sites excluding steroid dienone is 2. The Morgan fingerprint density at radius 2 is 1.51 bits per heavy atom. The minimum Gasteiger partial charge on any atom is -0.396 e. The summed E-state index contributed by atoms with van der Waals surface area (Å²) in [6.07, 6.45) is 2.50. The lowest BCUT2D eigenvalue weighted by Crippen LogP contribution is -2.68. The molecule has 9 heteroatoms. The van der Waals surface area contributed by atoms with E-state index in [2.05, 4.69) is 47.6 Å². The van der Waals surface area contributed by atoms with Gasteiger partial charge < -0.3 is 45.2 Å². The van der Waals surface area contributed by atoms with Gasteiger partial charge in [-0.1, -0.05) is 53.2 Å². The van der Waals surface area contributed by atoms with E-state index in [1.807, 2.05) is 0 Å². The molecule has 15 atom stereocenters. The maximum atomic E-state index is 11.9. The van der Waals surface area contributed by atoms with Gasteiger partial charge in [-0.05, 0) is 97.2 Å². The van der Waals surface area contributed by atoms with Gasteiger partial charge in [-0.3, -0.25) is 0 Å². The summed E-state index contributed by atoms with van der Waals surface area (Å²) in [4.78, 5) is 0. The van der Waals surface area contributed by atoms with E-state index in [1.165, 1.54) is 5.57 Å². The minimum absolute atomic E-state index is 0.0208. The van der Waals surface area contributed by atoms with Gasteiger partial charge >= 0.3 is 0 Å². The molecule has 258 valence electrons. The highest BCUT2D eigenvalue weighted by Gasteiger charge is 2.70. The Morgan fingerprint density at radius 1 is 0.800 bits per heavy atom. The second-order valence-corrected chi connectivity index (χ2v) is 17.9. The van der Waals surface area contributed by atoms with Crippen LogP contribution in [0.15, 0.2) is 11.6 Å². The monoisotopic (exact) mass is 636 g/mol. The summed E-state index contributed by atoms with van der Waals surface area (Å²) >= 11 is 0. The van der Waals surface area contributed by atoms with Crippen molar-refractivity contribution < 1.29 is 45.2 Å². The number of aliphatic hydroxyl groups excluding tert-OH is 7. The molecular weight excluding hydrogens is 576 g/mol. The molecule has 1 heterocycles. The third-order valence-electron chi connectivity index (χ3n) is 15.4. The second-order valence-electron chi connectivity index (χ2n) is 17.9. The zero-order valence-corrected chi connectivity index (χ0v) is 28.3. The predicted molar refractivity (Wildman–Crippen MR) is 168 cm³/mol. The van der Waals surface area contributed by atoms with Gasteiger partial charge in [0.2, 0.25) is 0 Å². The Kier molecular flexibility index (Phi) is 8.53. The van der Waals surface area contributed by atoms with E-state index >= 15 is 0 Å². The van der Waals surface area contributed by atoms with Crippen molar-refractivity contribution in [2.45, 2.75) is 142 Å². The summed E-state index contributed by atoms with van der Waals surface area (Å²) in [6.45, 7) is 13.3. The molecule has 0 amide bonds. The van der Waals surface area contributed by atoms with Crippen LogP contribution in [0.25, 0.3) is 0 Å². The van der Waals surface area contributed by atoms with Crippen molar-refractivity contribution in [1.82, 2.24) is 0 Å². The largest absolute Gasteiger partial charge is 0.396 e. The predicted octanol–water partition coefficient (Wildman–Crippen LogP) is 2.91. The van der Waals surface area contributed by atoms with E-state index in [-0.39, 0.29) is 46.7 Å². The van der Waals surface area contributed by atoms with E-state index in [9.17, 15) is 35.7 Å². The van der Waals surface area contributed by atoms with E-state index in [1.54, 1.807) is 0 Å². The molecule has 1 saturated heterocycles. The van der Waals surface area contributed by atoms with E-state index in [0.717, 1.165) is 44.9 Å². The van der Waals surface area contributed by atoms with Crippen molar-refractivity contribution in [3.8, 4) is 0 Å². The van der Waals surface area contributed by atoms with Crippen LogP contribution in [-0.4, -0.2) is 98.5 Å². The molecule has 0 spiro atoms. The highest BCUT2D eigenvalue weighted by molar-refractivity contribution is 5.35.